The molecule has 0 spiro atoms. The molecular formula is C29H29NO3. The maximum absolute atomic E-state index is 13.9. The van der Waals surface area contributed by atoms with E-state index in [2.05, 4.69) is 0 Å². The van der Waals surface area contributed by atoms with Crippen LogP contribution in [0.25, 0.3) is 0 Å². The number of hydrogen-bond acceptors (Lipinski definition) is 3. The number of carbonyl (C=O) groups excluding carboxylic acids is 2. The van der Waals surface area contributed by atoms with Gasteiger partial charge in [0.25, 0.3) is 5.91 Å². The smallest absolute Gasteiger partial charge is 0.254 e. The highest BCUT2D eigenvalue weighted by atomic mass is 16.3. The minimum Gasteiger partial charge on any atom is -0.385 e. The number of ketones is 1. The van der Waals surface area contributed by atoms with E-state index in [-0.39, 0.29) is 23.7 Å². The number of piperidine rings is 1. The molecule has 168 valence electrons. The van der Waals surface area contributed by atoms with Crippen molar-refractivity contribution in [1.82, 2.24) is 4.90 Å². The Hall–Kier alpha value is -3.24. The first-order valence-corrected chi connectivity index (χ1v) is 11.9. The minimum absolute atomic E-state index is 0.0108. The van der Waals surface area contributed by atoms with Gasteiger partial charge in [-0.2, -0.15) is 0 Å². The lowest BCUT2D eigenvalue weighted by atomic mass is 9.66. The van der Waals surface area contributed by atoms with Gasteiger partial charge in [0.15, 0.2) is 5.78 Å². The van der Waals surface area contributed by atoms with Crippen molar-refractivity contribution in [1.29, 1.82) is 0 Å². The first-order valence-electron chi connectivity index (χ1n) is 11.9. The van der Waals surface area contributed by atoms with Crippen LogP contribution in [0.3, 0.4) is 0 Å². The number of aliphatic hydroxyl groups is 1. The lowest BCUT2D eigenvalue weighted by Crippen LogP contribution is -2.59. The number of rotatable bonds is 4. The third-order valence-electron chi connectivity index (χ3n) is 7.45. The molecule has 0 bridgehead atoms. The molecule has 0 aromatic heterocycles. The van der Waals surface area contributed by atoms with Crippen molar-refractivity contribution in [3.8, 4) is 0 Å². The largest absolute Gasteiger partial charge is 0.385 e. The van der Waals surface area contributed by atoms with E-state index in [9.17, 15) is 14.7 Å². The van der Waals surface area contributed by atoms with E-state index >= 15 is 0 Å². The van der Waals surface area contributed by atoms with Crippen molar-refractivity contribution < 1.29 is 14.7 Å². The fourth-order valence-electron chi connectivity index (χ4n) is 5.79. The molecule has 1 amide bonds. The predicted octanol–water partition coefficient (Wildman–Crippen LogP) is 5.21. The Bertz CT molecular complexity index is 1140. The molecule has 1 unspecified atom stereocenters. The average Bonchev–Trinajstić information content (AvgIpc) is 2.89. The molecule has 3 aromatic rings. The van der Waals surface area contributed by atoms with Gasteiger partial charge in [-0.1, -0.05) is 91.7 Å². The zero-order valence-corrected chi connectivity index (χ0v) is 18.7. The summed E-state index contributed by atoms with van der Waals surface area (Å²) in [6.07, 6.45) is 4.37. The fourth-order valence-corrected chi connectivity index (χ4v) is 5.79. The van der Waals surface area contributed by atoms with Gasteiger partial charge in [0.1, 0.15) is 0 Å². The number of benzene rings is 3. The monoisotopic (exact) mass is 439 g/mol. The first kappa shape index (κ1) is 21.6. The lowest BCUT2D eigenvalue weighted by Gasteiger charge is -2.52. The average molecular weight is 440 g/mol. The lowest BCUT2D eigenvalue weighted by molar-refractivity contribution is -0.110. The van der Waals surface area contributed by atoms with E-state index < -0.39 is 5.60 Å². The molecule has 5 rings (SSSR count). The summed E-state index contributed by atoms with van der Waals surface area (Å²) in [6.45, 7) is 0.471. The minimum atomic E-state index is -0.928. The molecule has 4 heteroatoms. The molecular weight excluding hydrogens is 410 g/mol. The normalized spacial score (nSPS) is 24.7. The molecule has 33 heavy (non-hydrogen) atoms. The second-order valence-electron chi connectivity index (χ2n) is 9.24. The maximum atomic E-state index is 13.9. The van der Waals surface area contributed by atoms with Crippen LogP contribution in [-0.2, 0) is 5.60 Å². The molecule has 4 nitrogen and oxygen atoms in total. The van der Waals surface area contributed by atoms with E-state index in [4.69, 9.17) is 0 Å². The summed E-state index contributed by atoms with van der Waals surface area (Å²) in [4.78, 5) is 29.0. The van der Waals surface area contributed by atoms with Gasteiger partial charge in [0.05, 0.1) is 11.2 Å². The number of fused-ring (bicyclic) bond motifs is 1. The van der Waals surface area contributed by atoms with Gasteiger partial charge >= 0.3 is 0 Å². The molecule has 1 aliphatic heterocycles. The number of nitrogens with zero attached hydrogens (tertiary/aromatic N) is 1. The van der Waals surface area contributed by atoms with Crippen LogP contribution in [0, 0.1) is 5.92 Å². The molecule has 3 atom stereocenters. The Labute approximate surface area is 194 Å². The summed E-state index contributed by atoms with van der Waals surface area (Å²) < 4.78 is 0. The highest BCUT2D eigenvalue weighted by Crippen LogP contribution is 2.47. The third kappa shape index (κ3) is 3.89. The van der Waals surface area contributed by atoms with Crippen molar-refractivity contribution in [2.75, 3.05) is 6.54 Å². The Kier molecular flexibility index (Phi) is 5.86. The molecule has 1 N–H and O–H groups in total. The van der Waals surface area contributed by atoms with Gasteiger partial charge in [-0.3, -0.25) is 9.59 Å². The summed E-state index contributed by atoms with van der Waals surface area (Å²) in [5, 5.41) is 11.8. The van der Waals surface area contributed by atoms with Crippen LogP contribution in [0.2, 0.25) is 0 Å². The van der Waals surface area contributed by atoms with Crippen LogP contribution < -0.4 is 0 Å². The van der Waals surface area contributed by atoms with Crippen LogP contribution in [0.1, 0.15) is 63.9 Å². The van der Waals surface area contributed by atoms with Gasteiger partial charge in [-0.25, -0.2) is 0 Å². The van der Waals surface area contributed by atoms with Gasteiger partial charge in [-0.15, -0.1) is 0 Å². The topological polar surface area (TPSA) is 57.6 Å². The number of amides is 1. The van der Waals surface area contributed by atoms with Crippen LogP contribution >= 0.6 is 0 Å². The SMILES string of the molecule is O=C(c1ccccc1)c1ccccc1C(=O)N1CCC(O)(c2ccccc2)[C@@H]2CCCC[C@@H]21. The van der Waals surface area contributed by atoms with Crippen LogP contribution in [0.4, 0.5) is 0 Å². The number of carbonyl (C=O) groups is 2. The van der Waals surface area contributed by atoms with E-state index in [1.807, 2.05) is 59.5 Å². The van der Waals surface area contributed by atoms with Gasteiger partial charge in [-0.05, 0) is 30.9 Å². The second kappa shape index (κ2) is 8.95. The summed E-state index contributed by atoms with van der Waals surface area (Å²) in [5.74, 6) is -0.261. The van der Waals surface area contributed by atoms with Gasteiger partial charge in [0, 0.05) is 29.6 Å². The molecule has 1 saturated carbocycles. The maximum Gasteiger partial charge on any atom is 0.254 e. The van der Waals surface area contributed by atoms with Crippen molar-refractivity contribution in [2.24, 2.45) is 5.92 Å². The van der Waals surface area contributed by atoms with E-state index in [0.717, 1.165) is 31.2 Å². The summed E-state index contributed by atoms with van der Waals surface area (Å²) in [5.41, 5.74) is 1.47. The number of likely N-dealkylation sites (tertiary alicyclic amines) is 1. The molecule has 2 fully saturated rings. The van der Waals surface area contributed by atoms with Gasteiger partial charge < -0.3 is 10.0 Å². The molecule has 1 heterocycles. The second-order valence-corrected chi connectivity index (χ2v) is 9.24. The number of hydrogen-bond donors (Lipinski definition) is 1. The fraction of sp³-hybridized carbons (Fsp3) is 0.310. The van der Waals surface area contributed by atoms with E-state index in [1.54, 1.807) is 30.3 Å². The van der Waals surface area contributed by atoms with E-state index in [1.165, 1.54) is 0 Å². The molecule has 1 aliphatic carbocycles. The molecule has 0 radical (unpaired) electrons. The van der Waals surface area contributed by atoms with Crippen molar-refractivity contribution in [2.45, 2.75) is 43.7 Å². The molecule has 2 aliphatic rings. The first-order chi connectivity index (χ1) is 16.1. The highest BCUT2D eigenvalue weighted by molar-refractivity contribution is 6.15. The molecule has 1 saturated heterocycles. The van der Waals surface area contributed by atoms with Crippen molar-refractivity contribution in [3.63, 3.8) is 0 Å². The Morgan fingerprint density at radius 1 is 0.788 bits per heavy atom. The van der Waals surface area contributed by atoms with Crippen LogP contribution in [0.5, 0.6) is 0 Å². The Balaban J connectivity index is 1.48. The summed E-state index contributed by atoms with van der Waals surface area (Å²) in [6, 6.07) is 26.1. The Morgan fingerprint density at radius 3 is 2.12 bits per heavy atom. The van der Waals surface area contributed by atoms with Crippen LogP contribution in [-0.4, -0.2) is 34.3 Å². The van der Waals surface area contributed by atoms with Crippen LogP contribution in [0.15, 0.2) is 84.9 Å². The van der Waals surface area contributed by atoms with E-state index in [0.29, 0.717) is 29.7 Å². The zero-order chi connectivity index (χ0) is 22.8. The van der Waals surface area contributed by atoms with Gasteiger partial charge in [0.2, 0.25) is 0 Å². The highest BCUT2D eigenvalue weighted by Gasteiger charge is 2.50. The Morgan fingerprint density at radius 2 is 1.39 bits per heavy atom. The quantitative estimate of drug-likeness (QED) is 0.568. The van der Waals surface area contributed by atoms with Crippen molar-refractivity contribution in [3.05, 3.63) is 107 Å². The molecule has 3 aromatic carbocycles. The third-order valence-corrected chi connectivity index (χ3v) is 7.45. The zero-order valence-electron chi connectivity index (χ0n) is 18.7. The van der Waals surface area contributed by atoms with Crippen molar-refractivity contribution >= 4 is 11.7 Å². The predicted molar refractivity (Wildman–Crippen MR) is 128 cm³/mol. The standard InChI is InChI=1S/C29H29NO3/c31-27(21-11-3-1-4-12-21)23-15-7-8-16-24(23)28(32)30-20-19-29(33,22-13-5-2-6-14-22)25-17-9-10-18-26(25)30/h1-8,11-16,25-26,33H,9-10,17-20H2/t25-,26+,29?/m1/s1. The summed E-state index contributed by atoms with van der Waals surface area (Å²) in [7, 11) is 0. The summed E-state index contributed by atoms with van der Waals surface area (Å²) >= 11 is 0.